The van der Waals surface area contributed by atoms with Crippen molar-refractivity contribution in [1.29, 1.82) is 0 Å². The number of nitrogens with zero attached hydrogens (tertiary/aromatic N) is 1. The molecule has 146 valence electrons. The van der Waals surface area contributed by atoms with E-state index in [1.54, 1.807) is 0 Å². The van der Waals surface area contributed by atoms with E-state index >= 15 is 0 Å². The number of aryl methyl sites for hydroxylation is 1. The number of nitro groups is 1. The van der Waals surface area contributed by atoms with Crippen molar-refractivity contribution in [2.24, 2.45) is 0 Å². The van der Waals surface area contributed by atoms with Crippen molar-refractivity contribution in [3.05, 3.63) is 74.3 Å². The average Bonchev–Trinajstić information content (AvgIpc) is 2.67. The first-order chi connectivity index (χ1) is 13.4. The van der Waals surface area contributed by atoms with Gasteiger partial charge < -0.3 is 10.1 Å². The van der Waals surface area contributed by atoms with Crippen LogP contribution in [0.2, 0.25) is 5.02 Å². The van der Waals surface area contributed by atoms with Crippen LogP contribution in [-0.2, 0) is 16.0 Å². The fraction of sp³-hybridized carbons (Fsp3) is 0.300. The molecule has 28 heavy (non-hydrogen) atoms. The minimum Gasteiger partial charge on any atom is -0.449 e. The molecular weight excluding hydrogens is 384 g/mol. The summed E-state index contributed by atoms with van der Waals surface area (Å²) in [5.74, 6) is -1.22. The number of ether oxygens (including phenoxy) is 1. The zero-order valence-electron chi connectivity index (χ0n) is 15.2. The van der Waals surface area contributed by atoms with Gasteiger partial charge in [0.2, 0.25) is 0 Å². The number of benzene rings is 2. The summed E-state index contributed by atoms with van der Waals surface area (Å²) in [5.41, 5.74) is 2.03. The van der Waals surface area contributed by atoms with E-state index < -0.39 is 22.9 Å². The second kappa shape index (κ2) is 8.39. The quantitative estimate of drug-likeness (QED) is 0.463. The zero-order valence-corrected chi connectivity index (χ0v) is 15.9. The van der Waals surface area contributed by atoms with Crippen LogP contribution in [-0.4, -0.2) is 22.9 Å². The minimum atomic E-state index is -1.03. The fourth-order valence-electron chi connectivity index (χ4n) is 3.25. The molecule has 1 N–H and O–H groups in total. The Morgan fingerprint density at radius 1 is 1.29 bits per heavy atom. The number of hydrogen-bond acceptors (Lipinski definition) is 5. The van der Waals surface area contributed by atoms with Crippen LogP contribution in [0.15, 0.2) is 42.5 Å². The van der Waals surface area contributed by atoms with Gasteiger partial charge in [0.15, 0.2) is 6.10 Å². The summed E-state index contributed by atoms with van der Waals surface area (Å²) >= 11 is 5.94. The van der Waals surface area contributed by atoms with E-state index in [1.807, 2.05) is 24.3 Å². The van der Waals surface area contributed by atoms with Gasteiger partial charge in [0.25, 0.3) is 11.6 Å². The molecule has 7 nitrogen and oxygen atoms in total. The lowest BCUT2D eigenvalue weighted by molar-refractivity contribution is -0.384. The Kier molecular flexibility index (Phi) is 5.94. The smallest absolute Gasteiger partial charge is 0.340 e. The first-order valence-electron chi connectivity index (χ1n) is 8.90. The summed E-state index contributed by atoms with van der Waals surface area (Å²) in [6.45, 7) is 1.47. The molecule has 0 fully saturated rings. The van der Waals surface area contributed by atoms with Gasteiger partial charge in [-0.05, 0) is 43.4 Å². The molecule has 1 aliphatic carbocycles. The monoisotopic (exact) mass is 402 g/mol. The van der Waals surface area contributed by atoms with E-state index in [0.29, 0.717) is 0 Å². The van der Waals surface area contributed by atoms with E-state index in [0.717, 1.165) is 37.0 Å². The summed E-state index contributed by atoms with van der Waals surface area (Å²) in [7, 11) is 0. The molecule has 1 amide bonds. The van der Waals surface area contributed by atoms with E-state index in [2.05, 4.69) is 5.32 Å². The zero-order chi connectivity index (χ0) is 20.3. The third kappa shape index (κ3) is 4.31. The molecule has 0 aromatic heterocycles. The van der Waals surface area contributed by atoms with Crippen molar-refractivity contribution in [3.63, 3.8) is 0 Å². The van der Waals surface area contributed by atoms with Crippen molar-refractivity contribution in [3.8, 4) is 0 Å². The van der Waals surface area contributed by atoms with Crippen molar-refractivity contribution >= 4 is 29.2 Å². The van der Waals surface area contributed by atoms with Crippen molar-refractivity contribution < 1.29 is 19.2 Å². The second-order valence-corrected chi connectivity index (χ2v) is 7.03. The third-order valence-electron chi connectivity index (χ3n) is 4.72. The summed E-state index contributed by atoms with van der Waals surface area (Å²) in [4.78, 5) is 34.9. The minimum absolute atomic E-state index is 0.0325. The molecule has 0 aliphatic heterocycles. The highest BCUT2D eigenvalue weighted by Crippen LogP contribution is 2.29. The summed E-state index contributed by atoms with van der Waals surface area (Å²) in [6, 6.07) is 11.3. The van der Waals surface area contributed by atoms with E-state index in [1.165, 1.54) is 18.6 Å². The normalized spacial score (nSPS) is 16.6. The number of hydrogen-bond donors (Lipinski definition) is 1. The lowest BCUT2D eigenvalue weighted by atomic mass is 9.87. The van der Waals surface area contributed by atoms with Gasteiger partial charge in [-0.2, -0.15) is 0 Å². The average molecular weight is 403 g/mol. The number of fused-ring (bicyclic) bond motifs is 1. The SMILES string of the molecule is C[C@H](OC(=O)c1ccc([N+](=O)[O-])cc1Cl)C(=O)N[C@@H]1CCCc2ccccc21. The molecule has 0 saturated carbocycles. The number of nitrogens with one attached hydrogen (secondary N) is 1. The molecule has 2 aromatic carbocycles. The predicted octanol–water partition coefficient (Wildman–Crippen LogP) is 3.99. The maximum Gasteiger partial charge on any atom is 0.340 e. The molecule has 0 radical (unpaired) electrons. The van der Waals surface area contributed by atoms with Gasteiger partial charge in [-0.3, -0.25) is 14.9 Å². The Bertz CT molecular complexity index is 931. The van der Waals surface area contributed by atoms with Crippen LogP contribution in [0.1, 0.15) is 47.3 Å². The van der Waals surface area contributed by atoms with Crippen LogP contribution < -0.4 is 5.32 Å². The molecule has 8 heteroatoms. The van der Waals surface area contributed by atoms with Gasteiger partial charge in [0.05, 0.1) is 21.6 Å². The molecule has 2 atom stereocenters. The van der Waals surface area contributed by atoms with Crippen LogP contribution in [0.4, 0.5) is 5.69 Å². The summed E-state index contributed by atoms with van der Waals surface area (Å²) in [6.07, 6.45) is 1.73. The first kappa shape index (κ1) is 19.8. The number of carbonyl (C=O) groups excluding carboxylic acids is 2. The standard InChI is InChI=1S/C20H19ClN2O5/c1-12(28-20(25)16-10-9-14(23(26)27)11-17(16)21)19(24)22-18-8-4-6-13-5-2-3-7-15(13)18/h2-3,5,7,9-12,18H,4,6,8H2,1H3,(H,22,24)/t12-,18+/m0/s1. The highest BCUT2D eigenvalue weighted by atomic mass is 35.5. The highest BCUT2D eigenvalue weighted by Gasteiger charge is 2.26. The molecule has 0 unspecified atom stereocenters. The maximum atomic E-state index is 12.5. The number of rotatable bonds is 5. The summed E-state index contributed by atoms with van der Waals surface area (Å²) in [5, 5.41) is 13.6. The Balaban J connectivity index is 1.65. The Morgan fingerprint density at radius 2 is 2.04 bits per heavy atom. The molecule has 1 aliphatic rings. The van der Waals surface area contributed by atoms with Crippen LogP contribution in [0, 0.1) is 10.1 Å². The van der Waals surface area contributed by atoms with Gasteiger partial charge in [-0.15, -0.1) is 0 Å². The molecule has 2 aromatic rings. The molecule has 0 heterocycles. The highest BCUT2D eigenvalue weighted by molar-refractivity contribution is 6.33. The molecule has 0 spiro atoms. The summed E-state index contributed by atoms with van der Waals surface area (Å²) < 4.78 is 5.20. The second-order valence-electron chi connectivity index (χ2n) is 6.62. The van der Waals surface area contributed by atoms with E-state index in [-0.39, 0.29) is 22.3 Å². The molecule has 0 saturated heterocycles. The fourth-order valence-corrected chi connectivity index (χ4v) is 3.51. The largest absolute Gasteiger partial charge is 0.449 e. The number of halogens is 1. The Labute approximate surface area is 166 Å². The number of esters is 1. The van der Waals surface area contributed by atoms with Crippen LogP contribution in [0.5, 0.6) is 0 Å². The van der Waals surface area contributed by atoms with Gasteiger partial charge >= 0.3 is 5.97 Å². The van der Waals surface area contributed by atoms with Crippen LogP contribution >= 0.6 is 11.6 Å². The topological polar surface area (TPSA) is 98.5 Å². The van der Waals surface area contributed by atoms with E-state index in [9.17, 15) is 19.7 Å². The van der Waals surface area contributed by atoms with Crippen molar-refractivity contribution in [1.82, 2.24) is 5.32 Å². The van der Waals surface area contributed by atoms with Crippen molar-refractivity contribution in [2.75, 3.05) is 0 Å². The number of non-ortho nitro benzene ring substituents is 1. The number of nitro benzene ring substituents is 1. The molecule has 3 rings (SSSR count). The molecular formula is C20H19ClN2O5. The Hall–Kier alpha value is -2.93. The lowest BCUT2D eigenvalue weighted by Gasteiger charge is -2.27. The van der Waals surface area contributed by atoms with E-state index in [4.69, 9.17) is 16.3 Å². The van der Waals surface area contributed by atoms with Crippen LogP contribution in [0.25, 0.3) is 0 Å². The van der Waals surface area contributed by atoms with Crippen LogP contribution in [0.3, 0.4) is 0 Å². The van der Waals surface area contributed by atoms with Gasteiger partial charge in [-0.25, -0.2) is 4.79 Å². The first-order valence-corrected chi connectivity index (χ1v) is 9.27. The maximum absolute atomic E-state index is 12.5. The van der Waals surface area contributed by atoms with Gasteiger partial charge in [0.1, 0.15) is 0 Å². The predicted molar refractivity (Wildman–Crippen MR) is 103 cm³/mol. The number of carbonyl (C=O) groups is 2. The number of amides is 1. The van der Waals surface area contributed by atoms with Gasteiger partial charge in [-0.1, -0.05) is 35.9 Å². The lowest BCUT2D eigenvalue weighted by Crippen LogP contribution is -2.39. The Morgan fingerprint density at radius 3 is 2.75 bits per heavy atom. The van der Waals surface area contributed by atoms with Crippen molar-refractivity contribution in [2.45, 2.75) is 38.3 Å². The van der Waals surface area contributed by atoms with Gasteiger partial charge in [0, 0.05) is 12.1 Å². The third-order valence-corrected chi connectivity index (χ3v) is 5.04. The molecule has 0 bridgehead atoms.